The van der Waals surface area contributed by atoms with Crippen molar-refractivity contribution in [2.24, 2.45) is 7.05 Å². The number of halogens is 1. The Labute approximate surface area is 129 Å². The third-order valence-electron chi connectivity index (χ3n) is 3.30. The molecule has 0 spiro atoms. The maximum absolute atomic E-state index is 9.59. The van der Waals surface area contributed by atoms with Gasteiger partial charge in [-0.15, -0.1) is 0 Å². The Morgan fingerprint density at radius 2 is 2.10 bits per heavy atom. The number of rotatable bonds is 5. The Morgan fingerprint density at radius 3 is 2.62 bits per heavy atom. The Balaban J connectivity index is 2.20. The van der Waals surface area contributed by atoms with Gasteiger partial charge in [0.25, 0.3) is 0 Å². The maximum Gasteiger partial charge on any atom is 0.161 e. The first-order chi connectivity index (χ1) is 9.93. The standard InChI is InChI=1S/C15H19ClN2O3/c1-9-15(16)12(18(3)17-9)8-21-13-6-5-11(10(2)19)7-14(13)20-4/h5-7,10,19H,8H2,1-4H3/t10-/m1/s1. The van der Waals surface area contributed by atoms with Crippen LogP contribution in [-0.2, 0) is 13.7 Å². The molecule has 0 fully saturated rings. The van der Waals surface area contributed by atoms with Gasteiger partial charge in [-0.2, -0.15) is 5.10 Å². The highest BCUT2D eigenvalue weighted by Crippen LogP contribution is 2.31. The van der Waals surface area contributed by atoms with Crippen LogP contribution in [0.3, 0.4) is 0 Å². The Bertz CT molecular complexity index is 638. The van der Waals surface area contributed by atoms with Gasteiger partial charge < -0.3 is 14.6 Å². The quantitative estimate of drug-likeness (QED) is 0.922. The molecule has 2 rings (SSSR count). The number of hydrogen-bond acceptors (Lipinski definition) is 4. The number of ether oxygens (including phenoxy) is 2. The number of hydrogen-bond donors (Lipinski definition) is 1. The first kappa shape index (κ1) is 15.7. The van der Waals surface area contributed by atoms with Gasteiger partial charge in [0.05, 0.1) is 29.6 Å². The fourth-order valence-corrected chi connectivity index (χ4v) is 2.26. The molecule has 0 saturated carbocycles. The number of benzene rings is 1. The predicted octanol–water partition coefficient (Wildman–Crippen LogP) is 3.02. The number of aliphatic hydroxyl groups excluding tert-OH is 1. The highest BCUT2D eigenvalue weighted by Gasteiger charge is 2.14. The summed E-state index contributed by atoms with van der Waals surface area (Å²) in [6.07, 6.45) is -0.554. The zero-order valence-electron chi connectivity index (χ0n) is 12.6. The van der Waals surface area contributed by atoms with E-state index in [1.54, 1.807) is 36.9 Å². The summed E-state index contributed by atoms with van der Waals surface area (Å²) in [5.74, 6) is 1.17. The molecule has 0 bridgehead atoms. The zero-order chi connectivity index (χ0) is 15.6. The van der Waals surface area contributed by atoms with Gasteiger partial charge in [0.15, 0.2) is 11.5 Å². The van der Waals surface area contributed by atoms with E-state index in [-0.39, 0.29) is 0 Å². The molecule has 114 valence electrons. The summed E-state index contributed by atoms with van der Waals surface area (Å²) in [7, 11) is 3.39. The van der Waals surface area contributed by atoms with Gasteiger partial charge in [-0.05, 0) is 31.5 Å². The third-order valence-corrected chi connectivity index (χ3v) is 3.79. The molecule has 0 aliphatic heterocycles. The lowest BCUT2D eigenvalue weighted by atomic mass is 10.1. The summed E-state index contributed by atoms with van der Waals surface area (Å²) < 4.78 is 12.8. The zero-order valence-corrected chi connectivity index (χ0v) is 13.3. The van der Waals surface area contributed by atoms with Crippen molar-refractivity contribution in [3.05, 3.63) is 40.2 Å². The van der Waals surface area contributed by atoms with E-state index in [1.165, 1.54) is 0 Å². The second-order valence-electron chi connectivity index (χ2n) is 4.84. The minimum atomic E-state index is -0.554. The molecule has 0 aliphatic carbocycles. The Hall–Kier alpha value is -1.72. The van der Waals surface area contributed by atoms with E-state index in [9.17, 15) is 5.11 Å². The van der Waals surface area contributed by atoms with Crippen LogP contribution in [-0.4, -0.2) is 22.0 Å². The van der Waals surface area contributed by atoms with Crippen LogP contribution >= 0.6 is 11.6 Å². The Morgan fingerprint density at radius 1 is 1.38 bits per heavy atom. The topological polar surface area (TPSA) is 56.5 Å². The van der Waals surface area contributed by atoms with Crippen molar-refractivity contribution in [3.8, 4) is 11.5 Å². The number of aromatic nitrogens is 2. The van der Waals surface area contributed by atoms with Crippen molar-refractivity contribution in [3.63, 3.8) is 0 Å². The van der Waals surface area contributed by atoms with Crippen molar-refractivity contribution in [1.82, 2.24) is 9.78 Å². The smallest absolute Gasteiger partial charge is 0.161 e. The minimum absolute atomic E-state index is 0.292. The average Bonchev–Trinajstić information content (AvgIpc) is 2.70. The highest BCUT2D eigenvalue weighted by molar-refractivity contribution is 6.31. The molecule has 0 aliphatic rings. The molecule has 1 aromatic heterocycles. The maximum atomic E-state index is 9.59. The highest BCUT2D eigenvalue weighted by atomic mass is 35.5. The lowest BCUT2D eigenvalue weighted by molar-refractivity contribution is 0.198. The lowest BCUT2D eigenvalue weighted by Gasteiger charge is -2.13. The van der Waals surface area contributed by atoms with Gasteiger partial charge in [-0.3, -0.25) is 4.68 Å². The first-order valence-corrected chi connectivity index (χ1v) is 6.98. The molecule has 2 aromatic rings. The fourth-order valence-electron chi connectivity index (χ4n) is 2.05. The van der Waals surface area contributed by atoms with Crippen LogP contribution < -0.4 is 9.47 Å². The summed E-state index contributed by atoms with van der Waals surface area (Å²) in [6, 6.07) is 5.34. The second kappa shape index (κ2) is 6.37. The Kier molecular flexibility index (Phi) is 4.75. The molecule has 5 nitrogen and oxygen atoms in total. The van der Waals surface area contributed by atoms with E-state index in [0.717, 1.165) is 17.0 Å². The van der Waals surface area contributed by atoms with Crippen molar-refractivity contribution in [1.29, 1.82) is 0 Å². The summed E-state index contributed by atoms with van der Waals surface area (Å²) in [5, 5.41) is 14.4. The van der Waals surface area contributed by atoms with Crippen molar-refractivity contribution in [2.45, 2.75) is 26.6 Å². The van der Waals surface area contributed by atoms with Gasteiger partial charge in [0.1, 0.15) is 6.61 Å². The van der Waals surface area contributed by atoms with Crippen LogP contribution in [0.5, 0.6) is 11.5 Å². The normalized spacial score (nSPS) is 12.3. The number of aliphatic hydroxyl groups is 1. The molecule has 0 amide bonds. The summed E-state index contributed by atoms with van der Waals surface area (Å²) >= 11 is 6.19. The van der Waals surface area contributed by atoms with E-state index in [0.29, 0.717) is 23.1 Å². The molecule has 1 heterocycles. The predicted molar refractivity (Wildman–Crippen MR) is 80.9 cm³/mol. The SMILES string of the molecule is COc1cc([C@@H](C)O)ccc1OCc1c(Cl)c(C)nn1C. The van der Waals surface area contributed by atoms with Crippen LogP contribution in [0.4, 0.5) is 0 Å². The van der Waals surface area contributed by atoms with Crippen molar-refractivity contribution in [2.75, 3.05) is 7.11 Å². The molecule has 1 aromatic carbocycles. The number of aryl methyl sites for hydroxylation is 2. The largest absolute Gasteiger partial charge is 0.493 e. The number of methoxy groups -OCH3 is 1. The lowest BCUT2D eigenvalue weighted by Crippen LogP contribution is -2.04. The van der Waals surface area contributed by atoms with E-state index >= 15 is 0 Å². The molecule has 0 saturated heterocycles. The van der Waals surface area contributed by atoms with Gasteiger partial charge in [0.2, 0.25) is 0 Å². The van der Waals surface area contributed by atoms with Gasteiger partial charge in [0, 0.05) is 7.05 Å². The van der Waals surface area contributed by atoms with Crippen LogP contribution in [0.2, 0.25) is 5.02 Å². The van der Waals surface area contributed by atoms with E-state index in [2.05, 4.69) is 5.10 Å². The van der Waals surface area contributed by atoms with Gasteiger partial charge in [-0.25, -0.2) is 0 Å². The van der Waals surface area contributed by atoms with E-state index in [1.807, 2.05) is 14.0 Å². The fraction of sp³-hybridized carbons (Fsp3) is 0.400. The van der Waals surface area contributed by atoms with Crippen LogP contribution in [0, 0.1) is 6.92 Å². The van der Waals surface area contributed by atoms with Crippen LogP contribution in [0.25, 0.3) is 0 Å². The summed E-state index contributed by atoms with van der Waals surface area (Å²) in [4.78, 5) is 0. The molecule has 21 heavy (non-hydrogen) atoms. The van der Waals surface area contributed by atoms with Crippen LogP contribution in [0.1, 0.15) is 30.0 Å². The van der Waals surface area contributed by atoms with E-state index < -0.39 is 6.10 Å². The molecule has 1 atom stereocenters. The van der Waals surface area contributed by atoms with Crippen molar-refractivity contribution < 1.29 is 14.6 Å². The van der Waals surface area contributed by atoms with E-state index in [4.69, 9.17) is 21.1 Å². The molecular weight excluding hydrogens is 292 g/mol. The molecular formula is C15H19ClN2O3. The molecule has 6 heteroatoms. The molecule has 1 N–H and O–H groups in total. The number of nitrogens with zero attached hydrogens (tertiary/aromatic N) is 2. The summed E-state index contributed by atoms with van der Waals surface area (Å²) in [5.41, 5.74) is 2.35. The monoisotopic (exact) mass is 310 g/mol. The first-order valence-electron chi connectivity index (χ1n) is 6.60. The molecule has 0 radical (unpaired) electrons. The van der Waals surface area contributed by atoms with Gasteiger partial charge >= 0.3 is 0 Å². The average molecular weight is 311 g/mol. The van der Waals surface area contributed by atoms with Crippen molar-refractivity contribution >= 4 is 11.6 Å². The third kappa shape index (κ3) is 3.31. The minimum Gasteiger partial charge on any atom is -0.493 e. The molecule has 0 unspecified atom stereocenters. The van der Waals surface area contributed by atoms with Gasteiger partial charge in [-0.1, -0.05) is 17.7 Å². The summed E-state index contributed by atoms with van der Waals surface area (Å²) in [6.45, 7) is 3.85. The second-order valence-corrected chi connectivity index (χ2v) is 5.22. The van der Waals surface area contributed by atoms with Crippen LogP contribution in [0.15, 0.2) is 18.2 Å².